The maximum atomic E-state index is 11.8. The van der Waals surface area contributed by atoms with Crippen LogP contribution >= 0.6 is 7.82 Å². The third kappa shape index (κ3) is 22.6. The zero-order chi connectivity index (χ0) is 25.4. The highest BCUT2D eigenvalue weighted by molar-refractivity contribution is 7.46. The van der Waals surface area contributed by atoms with Gasteiger partial charge in [0.25, 0.3) is 0 Å². The molecule has 34 heavy (non-hydrogen) atoms. The average Bonchev–Trinajstić information content (AvgIpc) is 2.79. The molecule has 0 heterocycles. The molecule has 0 rings (SSSR count). The van der Waals surface area contributed by atoms with E-state index in [9.17, 15) is 14.4 Å². The van der Waals surface area contributed by atoms with Gasteiger partial charge in [0.2, 0.25) is 0 Å². The van der Waals surface area contributed by atoms with Crippen LogP contribution in [0.25, 0.3) is 0 Å². The third-order valence-electron chi connectivity index (χ3n) is 7.27. The van der Waals surface area contributed by atoms with E-state index in [2.05, 4.69) is 20.8 Å². The van der Waals surface area contributed by atoms with Crippen molar-refractivity contribution in [3.63, 3.8) is 0 Å². The summed E-state index contributed by atoms with van der Waals surface area (Å²) in [6.45, 7) is 6.66. The van der Waals surface area contributed by atoms with Gasteiger partial charge in [-0.15, -0.1) is 0 Å². The van der Waals surface area contributed by atoms with E-state index in [1.165, 1.54) is 103 Å². The first kappa shape index (κ1) is 34.1. The van der Waals surface area contributed by atoms with Crippen molar-refractivity contribution in [2.24, 2.45) is 0 Å². The lowest BCUT2D eigenvalue weighted by atomic mass is 9.85. The Kier molecular flexibility index (Phi) is 23.6. The average molecular weight is 505 g/mol. The van der Waals surface area contributed by atoms with Gasteiger partial charge in [0.05, 0.1) is 5.60 Å². The molecule has 0 aromatic heterocycles. The summed E-state index contributed by atoms with van der Waals surface area (Å²) < 4.78 is 17.4. The summed E-state index contributed by atoms with van der Waals surface area (Å²) in [5.41, 5.74) is -0.644. The summed E-state index contributed by atoms with van der Waals surface area (Å²) >= 11 is 0. The smallest absolute Gasteiger partial charge is 0.303 e. The zero-order valence-electron chi connectivity index (χ0n) is 23.3. The van der Waals surface area contributed by atoms with E-state index in [0.29, 0.717) is 0 Å². The fourth-order valence-corrected chi connectivity index (χ4v) is 5.91. The molecule has 0 bridgehead atoms. The molecule has 0 aromatic rings. The monoisotopic (exact) mass is 504 g/mol. The first-order valence-corrected chi connectivity index (χ1v) is 16.7. The summed E-state index contributed by atoms with van der Waals surface area (Å²) in [4.78, 5) is 19.3. The number of hydrogen-bond acceptors (Lipinski definition) is 2. The molecule has 206 valence electrons. The maximum absolute atomic E-state index is 11.8. The van der Waals surface area contributed by atoms with Gasteiger partial charge in [-0.25, -0.2) is 4.57 Å². The molecule has 0 fully saturated rings. The van der Waals surface area contributed by atoms with Crippen LogP contribution in [0, 0.1) is 0 Å². The van der Waals surface area contributed by atoms with Crippen LogP contribution in [0.1, 0.15) is 181 Å². The van der Waals surface area contributed by atoms with Crippen LogP contribution in [0.3, 0.4) is 0 Å². The van der Waals surface area contributed by atoms with Crippen molar-refractivity contribution in [1.29, 1.82) is 0 Å². The van der Waals surface area contributed by atoms with Gasteiger partial charge in [-0.2, -0.15) is 0 Å². The molecule has 0 saturated carbocycles. The minimum atomic E-state index is -4.49. The maximum Gasteiger partial charge on any atom is 0.470 e. The van der Waals surface area contributed by atoms with Crippen molar-refractivity contribution in [2.75, 3.05) is 0 Å². The van der Waals surface area contributed by atoms with Gasteiger partial charge < -0.3 is 9.79 Å². The van der Waals surface area contributed by atoms with Gasteiger partial charge in [0.15, 0.2) is 0 Å². The molecular weight excluding hydrogens is 443 g/mol. The van der Waals surface area contributed by atoms with Gasteiger partial charge in [-0.1, -0.05) is 162 Å². The van der Waals surface area contributed by atoms with Gasteiger partial charge in [0, 0.05) is 0 Å². The highest BCUT2D eigenvalue weighted by Gasteiger charge is 2.36. The van der Waals surface area contributed by atoms with Gasteiger partial charge in [-0.3, -0.25) is 4.52 Å². The predicted molar refractivity (Wildman–Crippen MR) is 148 cm³/mol. The Hall–Kier alpha value is 0.110. The minimum Gasteiger partial charge on any atom is -0.303 e. The molecule has 0 spiro atoms. The van der Waals surface area contributed by atoms with E-state index in [1.54, 1.807) is 0 Å². The number of hydrogen-bond donors (Lipinski definition) is 2. The fraction of sp³-hybridized carbons (Fsp3) is 1.00. The van der Waals surface area contributed by atoms with E-state index in [1.807, 2.05) is 0 Å². The summed E-state index contributed by atoms with van der Waals surface area (Å²) in [6, 6.07) is 0. The standard InChI is InChI=1S/C29H61O4P/c1-4-7-10-12-14-16-18-20-22-24-27-29(26-9-6-3,33-34(30,31)32)28-25-23-21-19-17-15-13-11-8-5-2/h4-28H2,1-3H3,(H2,30,31,32). The van der Waals surface area contributed by atoms with E-state index < -0.39 is 13.4 Å². The SMILES string of the molecule is CCCCCCCCCCCCC(CCCC)(CCCCCCCCCCCC)OP(=O)(O)O. The van der Waals surface area contributed by atoms with Crippen molar-refractivity contribution in [3.8, 4) is 0 Å². The number of phosphoric ester groups is 1. The van der Waals surface area contributed by atoms with E-state index in [4.69, 9.17) is 4.52 Å². The molecule has 4 nitrogen and oxygen atoms in total. The third-order valence-corrected chi connectivity index (χ3v) is 7.90. The summed E-state index contributed by atoms with van der Waals surface area (Å²) in [5, 5.41) is 0. The van der Waals surface area contributed by atoms with E-state index in [-0.39, 0.29) is 0 Å². The van der Waals surface area contributed by atoms with E-state index in [0.717, 1.165) is 57.8 Å². The topological polar surface area (TPSA) is 66.8 Å². The van der Waals surface area contributed by atoms with Gasteiger partial charge >= 0.3 is 7.82 Å². The molecular formula is C29H61O4P. The van der Waals surface area contributed by atoms with Gasteiger partial charge in [0.1, 0.15) is 0 Å². The van der Waals surface area contributed by atoms with Crippen LogP contribution in [0.15, 0.2) is 0 Å². The normalized spacial score (nSPS) is 12.5. The quantitative estimate of drug-likeness (QED) is 0.0862. The molecule has 0 amide bonds. The number of rotatable bonds is 27. The largest absolute Gasteiger partial charge is 0.470 e. The van der Waals surface area contributed by atoms with E-state index >= 15 is 0 Å². The predicted octanol–water partition coefficient (Wildman–Crippen LogP) is 10.6. The van der Waals surface area contributed by atoms with Crippen molar-refractivity contribution in [1.82, 2.24) is 0 Å². The second-order valence-corrected chi connectivity index (χ2v) is 11.9. The van der Waals surface area contributed by atoms with Crippen molar-refractivity contribution >= 4 is 7.82 Å². The Bertz CT molecular complexity index is 439. The highest BCUT2D eigenvalue weighted by Crippen LogP contribution is 2.47. The summed E-state index contributed by atoms with van der Waals surface area (Å²) in [7, 11) is -4.49. The zero-order valence-corrected chi connectivity index (χ0v) is 24.2. The van der Waals surface area contributed by atoms with Gasteiger partial charge in [-0.05, 0) is 19.3 Å². The van der Waals surface area contributed by atoms with Crippen LogP contribution in [0.4, 0.5) is 0 Å². The Morgan fingerprint density at radius 2 is 0.735 bits per heavy atom. The van der Waals surface area contributed by atoms with Crippen LogP contribution in [-0.4, -0.2) is 15.4 Å². The second-order valence-electron chi connectivity index (χ2n) is 10.7. The highest BCUT2D eigenvalue weighted by atomic mass is 31.2. The molecule has 0 aliphatic rings. The Morgan fingerprint density at radius 3 is 1.03 bits per heavy atom. The van der Waals surface area contributed by atoms with Crippen LogP contribution in [0.5, 0.6) is 0 Å². The molecule has 0 unspecified atom stereocenters. The van der Waals surface area contributed by atoms with Crippen LogP contribution in [-0.2, 0) is 9.09 Å². The molecule has 0 aromatic carbocycles. The first-order chi connectivity index (χ1) is 16.4. The minimum absolute atomic E-state index is 0.644. The Labute approximate surface area is 213 Å². The molecule has 0 saturated heterocycles. The molecule has 0 aliphatic carbocycles. The molecule has 0 radical (unpaired) electrons. The summed E-state index contributed by atoms with van der Waals surface area (Å²) in [6.07, 6.45) is 29.8. The second kappa shape index (κ2) is 23.5. The van der Waals surface area contributed by atoms with Crippen LogP contribution in [0.2, 0.25) is 0 Å². The molecule has 2 N–H and O–H groups in total. The molecule has 0 atom stereocenters. The Morgan fingerprint density at radius 1 is 0.471 bits per heavy atom. The van der Waals surface area contributed by atoms with Crippen molar-refractivity contribution < 1.29 is 18.9 Å². The van der Waals surface area contributed by atoms with Crippen molar-refractivity contribution in [2.45, 2.75) is 187 Å². The Balaban J connectivity index is 4.35. The van der Waals surface area contributed by atoms with Crippen molar-refractivity contribution in [3.05, 3.63) is 0 Å². The van der Waals surface area contributed by atoms with Crippen LogP contribution < -0.4 is 0 Å². The molecule has 0 aliphatic heterocycles. The summed E-state index contributed by atoms with van der Waals surface area (Å²) in [5.74, 6) is 0. The lowest BCUT2D eigenvalue weighted by Crippen LogP contribution is -2.32. The number of unbranched alkanes of at least 4 members (excludes halogenated alkanes) is 19. The fourth-order valence-electron chi connectivity index (χ4n) is 5.13. The lowest BCUT2D eigenvalue weighted by Gasteiger charge is -2.34. The molecule has 5 heteroatoms. The lowest BCUT2D eigenvalue weighted by molar-refractivity contribution is 0.00569. The first-order valence-electron chi connectivity index (χ1n) is 15.2. The number of phosphoric acid groups is 1.